The maximum Gasteiger partial charge on any atom is 0.255 e. The Morgan fingerprint density at radius 3 is 2.50 bits per heavy atom. The highest BCUT2D eigenvalue weighted by Crippen LogP contribution is 2.33. The largest absolute Gasteiger partial charge is 0.322 e. The van der Waals surface area contributed by atoms with Crippen LogP contribution in [0.25, 0.3) is 20.9 Å². The highest BCUT2D eigenvalue weighted by molar-refractivity contribution is 7.89. The highest BCUT2D eigenvalue weighted by atomic mass is 32.2. The van der Waals surface area contributed by atoms with Gasteiger partial charge in [0.1, 0.15) is 15.4 Å². The standard InChI is InChI=1S/C25H24N4O3S2/c1-17-20(24-28-22-9-6-14-26-25(22)33-24)7-5-8-21(17)27-23(30)18-10-12-19(13-11-18)34(31,32)29-15-3-2-4-16-29/h5-14H,2-4,15-16H2,1H3,(H,27,30). The normalized spacial score (nSPS) is 14.9. The molecule has 4 aromatic rings. The van der Waals surface area contributed by atoms with Gasteiger partial charge >= 0.3 is 0 Å². The molecule has 34 heavy (non-hydrogen) atoms. The van der Waals surface area contributed by atoms with Crippen molar-refractivity contribution in [3.8, 4) is 10.6 Å². The average molecular weight is 493 g/mol. The number of carbonyl (C=O) groups excluding carboxylic acids is 1. The van der Waals surface area contributed by atoms with Crippen LogP contribution < -0.4 is 5.32 Å². The van der Waals surface area contributed by atoms with Crippen LogP contribution in [0.5, 0.6) is 0 Å². The number of anilines is 1. The summed E-state index contributed by atoms with van der Waals surface area (Å²) in [7, 11) is -3.53. The number of amides is 1. The van der Waals surface area contributed by atoms with Crippen LogP contribution in [0.3, 0.4) is 0 Å². The van der Waals surface area contributed by atoms with E-state index in [2.05, 4.69) is 15.3 Å². The molecular weight excluding hydrogens is 468 g/mol. The molecule has 1 N–H and O–H groups in total. The molecule has 0 aliphatic carbocycles. The molecule has 1 saturated heterocycles. The SMILES string of the molecule is Cc1c(NC(=O)c2ccc(S(=O)(=O)N3CCCCC3)cc2)cccc1-c1nc2cccnc2s1. The first-order valence-electron chi connectivity index (χ1n) is 11.2. The van der Waals surface area contributed by atoms with Crippen molar-refractivity contribution in [1.82, 2.24) is 14.3 Å². The van der Waals surface area contributed by atoms with Gasteiger partial charge in [0.15, 0.2) is 0 Å². The zero-order chi connectivity index (χ0) is 23.7. The van der Waals surface area contributed by atoms with E-state index >= 15 is 0 Å². The fraction of sp³-hybridized carbons (Fsp3) is 0.240. The Hall–Kier alpha value is -3.14. The van der Waals surface area contributed by atoms with E-state index in [9.17, 15) is 13.2 Å². The van der Waals surface area contributed by atoms with Crippen LogP contribution in [0.2, 0.25) is 0 Å². The number of pyridine rings is 1. The molecular formula is C25H24N4O3S2. The van der Waals surface area contributed by atoms with Crippen LogP contribution in [0.1, 0.15) is 35.2 Å². The summed E-state index contributed by atoms with van der Waals surface area (Å²) < 4.78 is 27.2. The van der Waals surface area contributed by atoms with Crippen molar-refractivity contribution < 1.29 is 13.2 Å². The van der Waals surface area contributed by atoms with Crippen molar-refractivity contribution in [3.05, 3.63) is 71.9 Å². The Labute approximate surface area is 202 Å². The molecule has 5 rings (SSSR count). The number of fused-ring (bicyclic) bond motifs is 1. The summed E-state index contributed by atoms with van der Waals surface area (Å²) in [6, 6.07) is 15.6. The molecule has 0 unspecified atom stereocenters. The number of piperidine rings is 1. The van der Waals surface area contributed by atoms with Crippen molar-refractivity contribution >= 4 is 43.3 Å². The average Bonchev–Trinajstić information content (AvgIpc) is 3.30. The van der Waals surface area contributed by atoms with Gasteiger partial charge in [-0.15, -0.1) is 0 Å². The van der Waals surface area contributed by atoms with E-state index in [0.717, 1.165) is 45.7 Å². The number of aromatic nitrogens is 2. The molecule has 7 nitrogen and oxygen atoms in total. The molecule has 3 heterocycles. The maximum atomic E-state index is 12.9. The van der Waals surface area contributed by atoms with Gasteiger partial charge in [-0.2, -0.15) is 4.31 Å². The lowest BCUT2D eigenvalue weighted by Gasteiger charge is -2.25. The number of carbonyl (C=O) groups is 1. The van der Waals surface area contributed by atoms with Gasteiger partial charge in [-0.3, -0.25) is 4.79 Å². The summed E-state index contributed by atoms with van der Waals surface area (Å²) in [5.74, 6) is -0.298. The molecule has 1 amide bonds. The monoisotopic (exact) mass is 492 g/mol. The first-order chi connectivity index (χ1) is 16.4. The summed E-state index contributed by atoms with van der Waals surface area (Å²) in [4.78, 5) is 23.0. The van der Waals surface area contributed by atoms with Gasteiger partial charge in [-0.25, -0.2) is 18.4 Å². The molecule has 1 aliphatic heterocycles. The third-order valence-corrected chi connectivity index (χ3v) is 8.97. The van der Waals surface area contributed by atoms with E-state index in [1.54, 1.807) is 18.3 Å². The van der Waals surface area contributed by atoms with Crippen molar-refractivity contribution in [3.63, 3.8) is 0 Å². The van der Waals surface area contributed by atoms with Gasteiger partial charge in [0.25, 0.3) is 5.91 Å². The number of benzene rings is 2. The Morgan fingerprint density at radius 1 is 1.00 bits per heavy atom. The molecule has 9 heteroatoms. The number of thiazole rings is 1. The van der Waals surface area contributed by atoms with Crippen LogP contribution in [0.4, 0.5) is 5.69 Å². The fourth-order valence-electron chi connectivity index (χ4n) is 4.11. The maximum absolute atomic E-state index is 12.9. The number of nitrogens with zero attached hydrogens (tertiary/aromatic N) is 3. The predicted molar refractivity (Wildman–Crippen MR) is 135 cm³/mol. The summed E-state index contributed by atoms with van der Waals surface area (Å²) in [6.45, 7) is 3.04. The van der Waals surface area contributed by atoms with Crippen LogP contribution in [-0.4, -0.2) is 41.7 Å². The second-order valence-electron chi connectivity index (χ2n) is 8.27. The molecule has 0 radical (unpaired) electrons. The van der Waals surface area contributed by atoms with Gasteiger partial charge in [-0.05, 0) is 67.8 Å². The highest BCUT2D eigenvalue weighted by Gasteiger charge is 2.26. The Balaban J connectivity index is 1.36. The molecule has 0 atom stereocenters. The van der Waals surface area contributed by atoms with Crippen LogP contribution in [0, 0.1) is 6.92 Å². The van der Waals surface area contributed by atoms with E-state index < -0.39 is 10.0 Å². The van der Waals surface area contributed by atoms with E-state index in [1.807, 2.05) is 37.3 Å². The number of nitrogens with one attached hydrogen (secondary N) is 1. The predicted octanol–water partition coefficient (Wildman–Crippen LogP) is 5.09. The Kier molecular flexibility index (Phi) is 6.16. The minimum Gasteiger partial charge on any atom is -0.322 e. The Morgan fingerprint density at radius 2 is 1.76 bits per heavy atom. The zero-order valence-electron chi connectivity index (χ0n) is 18.7. The van der Waals surface area contributed by atoms with Crippen molar-refractivity contribution in [2.24, 2.45) is 0 Å². The first-order valence-corrected chi connectivity index (χ1v) is 13.4. The van der Waals surface area contributed by atoms with Gasteiger partial charge in [0, 0.05) is 36.1 Å². The second kappa shape index (κ2) is 9.25. The summed E-state index contributed by atoms with van der Waals surface area (Å²) in [6.07, 6.45) is 4.57. The van der Waals surface area contributed by atoms with Crippen molar-refractivity contribution in [1.29, 1.82) is 0 Å². The summed E-state index contributed by atoms with van der Waals surface area (Å²) in [5.41, 5.74) is 3.75. The number of sulfonamides is 1. The lowest BCUT2D eigenvalue weighted by Crippen LogP contribution is -2.35. The minimum absolute atomic E-state index is 0.216. The van der Waals surface area contributed by atoms with Crippen molar-refractivity contribution in [2.75, 3.05) is 18.4 Å². The molecule has 174 valence electrons. The molecule has 1 aliphatic rings. The summed E-state index contributed by atoms with van der Waals surface area (Å²) >= 11 is 1.51. The molecule has 2 aromatic heterocycles. The fourth-order valence-corrected chi connectivity index (χ4v) is 6.62. The smallest absolute Gasteiger partial charge is 0.255 e. The zero-order valence-corrected chi connectivity index (χ0v) is 20.3. The quantitative estimate of drug-likeness (QED) is 0.419. The van der Waals surface area contributed by atoms with Gasteiger partial charge in [0.2, 0.25) is 10.0 Å². The van der Waals surface area contributed by atoms with Crippen LogP contribution in [0.15, 0.2) is 65.7 Å². The van der Waals surface area contributed by atoms with E-state index in [1.165, 1.54) is 27.8 Å². The topological polar surface area (TPSA) is 92.3 Å². The number of hydrogen-bond acceptors (Lipinski definition) is 6. The summed E-state index contributed by atoms with van der Waals surface area (Å²) in [5, 5.41) is 3.80. The van der Waals surface area contributed by atoms with Gasteiger partial charge < -0.3 is 5.32 Å². The molecule has 2 aromatic carbocycles. The number of hydrogen-bond donors (Lipinski definition) is 1. The van der Waals surface area contributed by atoms with E-state index in [0.29, 0.717) is 24.3 Å². The molecule has 1 fully saturated rings. The van der Waals surface area contributed by atoms with E-state index in [4.69, 9.17) is 0 Å². The van der Waals surface area contributed by atoms with Crippen molar-refractivity contribution in [2.45, 2.75) is 31.1 Å². The third kappa shape index (κ3) is 4.34. The van der Waals surface area contributed by atoms with Gasteiger partial charge in [0.05, 0.1) is 4.90 Å². The molecule has 0 spiro atoms. The van der Waals surface area contributed by atoms with Gasteiger partial charge in [-0.1, -0.05) is 29.9 Å². The molecule has 0 bridgehead atoms. The lowest BCUT2D eigenvalue weighted by atomic mass is 10.1. The Bertz CT molecular complexity index is 1420. The third-order valence-electron chi connectivity index (χ3n) is 6.05. The van der Waals surface area contributed by atoms with Crippen LogP contribution >= 0.6 is 11.3 Å². The lowest BCUT2D eigenvalue weighted by molar-refractivity contribution is 0.102. The number of rotatable bonds is 5. The van der Waals surface area contributed by atoms with Crippen LogP contribution in [-0.2, 0) is 10.0 Å². The first kappa shape index (κ1) is 22.6. The van der Waals surface area contributed by atoms with E-state index in [-0.39, 0.29) is 10.8 Å². The molecule has 0 saturated carbocycles. The minimum atomic E-state index is -3.53. The second-order valence-corrected chi connectivity index (χ2v) is 11.2.